The van der Waals surface area contributed by atoms with E-state index in [1.807, 2.05) is 0 Å². The van der Waals surface area contributed by atoms with Gasteiger partial charge in [0.05, 0.1) is 11.3 Å². The fraction of sp³-hybridized carbons (Fsp3) is 0.286. The van der Waals surface area contributed by atoms with Gasteiger partial charge in [0.15, 0.2) is 0 Å². The maximum atomic E-state index is 12.1. The summed E-state index contributed by atoms with van der Waals surface area (Å²) in [7, 11) is 1.22. The van der Waals surface area contributed by atoms with Gasteiger partial charge in [-0.1, -0.05) is 0 Å². The van der Waals surface area contributed by atoms with Crippen molar-refractivity contribution in [3.8, 4) is 0 Å². The number of anilines is 1. The average Bonchev–Trinajstić information content (AvgIpc) is 1.97. The van der Waals surface area contributed by atoms with Crippen molar-refractivity contribution >= 4 is 18.1 Å². The van der Waals surface area contributed by atoms with Gasteiger partial charge in [0.2, 0.25) is 0 Å². The molecule has 0 amide bonds. The summed E-state index contributed by atoms with van der Waals surface area (Å²) >= 11 is 0. The number of aromatic nitrogens is 1. The molecule has 80 valence electrons. The van der Waals surface area contributed by atoms with E-state index < -0.39 is 23.0 Å². The number of halogens is 4. The summed E-state index contributed by atoms with van der Waals surface area (Å²) in [4.78, 5) is 10.9. The van der Waals surface area contributed by atoms with Crippen LogP contribution >= 0.6 is 12.4 Å². The normalized spacial score (nSPS) is 10.9. The molecule has 0 aliphatic rings. The molecule has 14 heavy (non-hydrogen) atoms. The molecule has 0 unspecified atom stereocenters. The second kappa shape index (κ2) is 3.91. The van der Waals surface area contributed by atoms with Gasteiger partial charge >= 0.3 is 6.18 Å². The minimum atomic E-state index is -4.47. The molecule has 1 aromatic rings. The first kappa shape index (κ1) is 12.8. The Morgan fingerprint density at radius 2 is 1.93 bits per heavy atom. The Balaban J connectivity index is 0.00000169. The number of aryl methyl sites for hydroxylation is 1. The van der Waals surface area contributed by atoms with Gasteiger partial charge in [0, 0.05) is 13.2 Å². The third-order valence-corrected chi connectivity index (χ3v) is 1.54. The lowest BCUT2D eigenvalue weighted by Crippen LogP contribution is -2.22. The van der Waals surface area contributed by atoms with Gasteiger partial charge in [0.1, 0.15) is 0 Å². The Bertz CT molecular complexity index is 359. The number of hydrogen-bond donors (Lipinski definition) is 1. The lowest BCUT2D eigenvalue weighted by Gasteiger charge is -2.08. The predicted octanol–water partition coefficient (Wildman–Crippen LogP) is 1.41. The number of nitrogens with zero attached hydrogens (tertiary/aromatic N) is 1. The van der Waals surface area contributed by atoms with Crippen LogP contribution in [-0.2, 0) is 13.2 Å². The third-order valence-electron chi connectivity index (χ3n) is 1.54. The number of rotatable bonds is 0. The highest BCUT2D eigenvalue weighted by Crippen LogP contribution is 2.28. The van der Waals surface area contributed by atoms with Crippen LogP contribution in [0, 0.1) is 0 Å². The van der Waals surface area contributed by atoms with Crippen molar-refractivity contribution in [2.24, 2.45) is 7.05 Å². The molecule has 0 fully saturated rings. The van der Waals surface area contributed by atoms with Crippen LogP contribution in [0.4, 0.5) is 18.9 Å². The molecule has 1 heterocycles. The summed E-state index contributed by atoms with van der Waals surface area (Å²) in [6.07, 6.45) is -3.77. The van der Waals surface area contributed by atoms with E-state index in [1.165, 1.54) is 7.05 Å². The van der Waals surface area contributed by atoms with Crippen LogP contribution in [0.1, 0.15) is 5.56 Å². The zero-order valence-electron chi connectivity index (χ0n) is 7.13. The fourth-order valence-corrected chi connectivity index (χ4v) is 0.892. The van der Waals surface area contributed by atoms with Crippen LogP contribution in [0.3, 0.4) is 0 Å². The first-order chi connectivity index (χ1) is 5.82. The van der Waals surface area contributed by atoms with E-state index in [2.05, 4.69) is 0 Å². The number of nitrogens with two attached hydrogens (primary N) is 1. The maximum Gasteiger partial charge on any atom is 0.417 e. The maximum absolute atomic E-state index is 12.1. The fourth-order valence-electron chi connectivity index (χ4n) is 0.892. The zero-order chi connectivity index (χ0) is 10.2. The van der Waals surface area contributed by atoms with Crippen LogP contribution in [-0.4, -0.2) is 4.57 Å². The second-order valence-corrected chi connectivity index (χ2v) is 2.60. The molecule has 0 saturated heterocycles. The molecule has 0 spiro atoms. The first-order valence-corrected chi connectivity index (χ1v) is 3.35. The van der Waals surface area contributed by atoms with Gasteiger partial charge in [-0.3, -0.25) is 4.79 Å². The third kappa shape index (κ3) is 2.41. The molecule has 0 atom stereocenters. The van der Waals surface area contributed by atoms with Crippen molar-refractivity contribution in [2.75, 3.05) is 5.73 Å². The molecule has 0 radical (unpaired) electrons. The van der Waals surface area contributed by atoms with Crippen molar-refractivity contribution in [3.63, 3.8) is 0 Å². The molecule has 0 aliphatic heterocycles. The largest absolute Gasteiger partial charge is 0.417 e. The minimum Gasteiger partial charge on any atom is -0.394 e. The zero-order valence-corrected chi connectivity index (χ0v) is 7.95. The molecular formula is C7H8ClF3N2O. The molecule has 0 aromatic carbocycles. The summed E-state index contributed by atoms with van der Waals surface area (Å²) in [5.41, 5.74) is 3.12. The topological polar surface area (TPSA) is 48.0 Å². The monoisotopic (exact) mass is 228 g/mol. The van der Waals surface area contributed by atoms with E-state index >= 15 is 0 Å². The molecule has 1 rings (SSSR count). The van der Waals surface area contributed by atoms with E-state index in [1.54, 1.807) is 0 Å². The van der Waals surface area contributed by atoms with Crippen LogP contribution in [0.2, 0.25) is 0 Å². The van der Waals surface area contributed by atoms with Gasteiger partial charge in [-0.15, -0.1) is 12.4 Å². The van der Waals surface area contributed by atoms with Gasteiger partial charge < -0.3 is 10.3 Å². The molecule has 1 aromatic heterocycles. The molecule has 7 heteroatoms. The Hall–Kier alpha value is -1.17. The van der Waals surface area contributed by atoms with Crippen molar-refractivity contribution in [3.05, 3.63) is 28.2 Å². The standard InChI is InChI=1S/C7H7F3N2O.ClH/c1-12-3-4(7(8,9)10)2-5(11)6(12)13;/h2-3H,11H2,1H3;1H. The summed E-state index contributed by atoms with van der Waals surface area (Å²) in [5, 5.41) is 0. The Labute approximate surface area is 83.7 Å². The summed E-state index contributed by atoms with van der Waals surface area (Å²) in [6, 6.07) is 0.627. The summed E-state index contributed by atoms with van der Waals surface area (Å²) in [6.45, 7) is 0. The Morgan fingerprint density at radius 3 is 2.29 bits per heavy atom. The van der Waals surface area contributed by atoms with Crippen LogP contribution in [0.15, 0.2) is 17.1 Å². The van der Waals surface area contributed by atoms with E-state index in [-0.39, 0.29) is 12.4 Å². The molecule has 2 N–H and O–H groups in total. The molecule has 3 nitrogen and oxygen atoms in total. The summed E-state index contributed by atoms with van der Waals surface area (Å²) < 4.78 is 37.1. The second-order valence-electron chi connectivity index (χ2n) is 2.60. The van der Waals surface area contributed by atoms with Crippen molar-refractivity contribution in [1.82, 2.24) is 4.57 Å². The summed E-state index contributed by atoms with van der Waals surface area (Å²) in [5.74, 6) is 0. The van der Waals surface area contributed by atoms with Crippen molar-refractivity contribution in [1.29, 1.82) is 0 Å². The van der Waals surface area contributed by atoms with E-state index in [9.17, 15) is 18.0 Å². The number of nitrogen functional groups attached to an aromatic ring is 1. The minimum absolute atomic E-state index is 0. The number of pyridine rings is 1. The number of alkyl halides is 3. The number of hydrogen-bond acceptors (Lipinski definition) is 2. The van der Waals surface area contributed by atoms with Crippen LogP contribution < -0.4 is 11.3 Å². The molecular weight excluding hydrogens is 221 g/mol. The van der Waals surface area contributed by atoms with Crippen molar-refractivity contribution < 1.29 is 13.2 Å². The molecule has 0 saturated carbocycles. The Kier molecular flexibility index (Phi) is 3.59. The Morgan fingerprint density at radius 1 is 1.43 bits per heavy atom. The van der Waals surface area contributed by atoms with E-state index in [0.29, 0.717) is 12.3 Å². The molecule has 0 bridgehead atoms. The van der Waals surface area contributed by atoms with Crippen molar-refractivity contribution in [2.45, 2.75) is 6.18 Å². The highest BCUT2D eigenvalue weighted by molar-refractivity contribution is 5.85. The first-order valence-electron chi connectivity index (χ1n) is 3.35. The van der Waals surface area contributed by atoms with E-state index in [0.717, 1.165) is 4.57 Å². The highest BCUT2D eigenvalue weighted by atomic mass is 35.5. The predicted molar refractivity (Wildman–Crippen MR) is 48.3 cm³/mol. The lowest BCUT2D eigenvalue weighted by atomic mass is 10.2. The molecule has 0 aliphatic carbocycles. The van der Waals surface area contributed by atoms with Gasteiger partial charge in [-0.2, -0.15) is 13.2 Å². The average molecular weight is 229 g/mol. The van der Waals surface area contributed by atoms with Gasteiger partial charge in [0.25, 0.3) is 5.56 Å². The van der Waals surface area contributed by atoms with Crippen LogP contribution in [0.25, 0.3) is 0 Å². The smallest absolute Gasteiger partial charge is 0.394 e. The van der Waals surface area contributed by atoms with Gasteiger partial charge in [-0.25, -0.2) is 0 Å². The van der Waals surface area contributed by atoms with E-state index in [4.69, 9.17) is 5.73 Å². The lowest BCUT2D eigenvalue weighted by molar-refractivity contribution is -0.138. The SMILES string of the molecule is Cl.Cn1cc(C(F)(F)F)cc(N)c1=O. The van der Waals surface area contributed by atoms with Crippen LogP contribution in [0.5, 0.6) is 0 Å². The quantitative estimate of drug-likeness (QED) is 0.730. The van der Waals surface area contributed by atoms with Gasteiger partial charge in [-0.05, 0) is 6.07 Å². The highest BCUT2D eigenvalue weighted by Gasteiger charge is 2.31.